The quantitative estimate of drug-likeness (QED) is 0.668. The number of nitrogens with two attached hydrogens (primary N) is 1. The second-order valence-electron chi connectivity index (χ2n) is 4.10. The smallest absolute Gasteiger partial charge is 0.409 e. The van der Waals surface area contributed by atoms with Gasteiger partial charge in [0.2, 0.25) is 0 Å². The molecule has 19 heavy (non-hydrogen) atoms. The average Bonchev–Trinajstić information content (AvgIpc) is 2.39. The van der Waals surface area contributed by atoms with Crippen LogP contribution in [0.2, 0.25) is 0 Å². The zero-order chi connectivity index (χ0) is 13.4. The van der Waals surface area contributed by atoms with Crippen molar-refractivity contribution in [1.82, 2.24) is 4.57 Å². The van der Waals surface area contributed by atoms with Crippen LogP contribution in [0.1, 0.15) is 0 Å². The third kappa shape index (κ3) is 1.81. The van der Waals surface area contributed by atoms with Gasteiger partial charge in [0.15, 0.2) is 0 Å². The Morgan fingerprint density at radius 3 is 2.47 bits per heavy atom. The van der Waals surface area contributed by atoms with E-state index in [4.69, 9.17) is 10.2 Å². The molecule has 1 aromatic heterocycles. The van der Waals surface area contributed by atoms with Crippen molar-refractivity contribution in [3.63, 3.8) is 0 Å². The number of para-hydroxylation sites is 1. The van der Waals surface area contributed by atoms with Crippen LogP contribution in [0.15, 0.2) is 62.5 Å². The van der Waals surface area contributed by atoms with Gasteiger partial charge in [0.05, 0.1) is 11.1 Å². The number of benzene rings is 2. The van der Waals surface area contributed by atoms with Gasteiger partial charge in [-0.25, -0.2) is 9.36 Å². The molecule has 0 unspecified atom stereocenters. The van der Waals surface area contributed by atoms with Crippen LogP contribution in [0.5, 0.6) is 0 Å². The summed E-state index contributed by atoms with van der Waals surface area (Å²) in [4.78, 5) is 24.2. The van der Waals surface area contributed by atoms with Crippen LogP contribution in [-0.4, -0.2) is 4.57 Å². The van der Waals surface area contributed by atoms with Gasteiger partial charge in [-0.3, -0.25) is 4.79 Å². The fraction of sp³-hybridized carbons (Fsp3) is 0. The number of aromatic nitrogens is 1. The van der Waals surface area contributed by atoms with E-state index in [9.17, 15) is 9.59 Å². The molecule has 5 nitrogen and oxygen atoms in total. The number of nitrogens with zero attached hydrogens (tertiary/aromatic N) is 1. The number of hydrogen-bond acceptors (Lipinski definition) is 4. The Kier molecular flexibility index (Phi) is 2.45. The van der Waals surface area contributed by atoms with Crippen LogP contribution >= 0.6 is 0 Å². The Bertz CT molecular complexity index is 863. The Hall–Kier alpha value is -2.82. The zero-order valence-corrected chi connectivity index (χ0v) is 9.87. The Balaban J connectivity index is 2.43. The van der Waals surface area contributed by atoms with E-state index in [0.717, 1.165) is 4.57 Å². The first-order chi connectivity index (χ1) is 9.16. The molecule has 2 N–H and O–H groups in total. The lowest BCUT2D eigenvalue weighted by atomic mass is 10.2. The minimum atomic E-state index is -0.728. The maximum atomic E-state index is 12.3. The Morgan fingerprint density at radius 1 is 1.00 bits per heavy atom. The highest BCUT2D eigenvalue weighted by atomic mass is 16.4. The molecule has 2 aromatic carbocycles. The van der Waals surface area contributed by atoms with Gasteiger partial charge in [-0.15, -0.1) is 0 Å². The molecule has 3 aromatic rings. The van der Waals surface area contributed by atoms with E-state index >= 15 is 0 Å². The molecule has 0 aliphatic heterocycles. The second-order valence-corrected chi connectivity index (χ2v) is 4.10. The van der Waals surface area contributed by atoms with E-state index in [-0.39, 0.29) is 5.58 Å². The summed E-state index contributed by atoms with van der Waals surface area (Å²) in [6.07, 6.45) is 0. The summed E-state index contributed by atoms with van der Waals surface area (Å²) in [5, 5.41) is 0.317. The molecular formula is C14H10N2O3. The largest absolute Gasteiger partial charge is 0.426 e. The van der Waals surface area contributed by atoms with Crippen molar-refractivity contribution < 1.29 is 4.42 Å². The summed E-state index contributed by atoms with van der Waals surface area (Å²) >= 11 is 0. The molecule has 5 heteroatoms. The van der Waals surface area contributed by atoms with Crippen LogP contribution in [-0.2, 0) is 0 Å². The van der Waals surface area contributed by atoms with Gasteiger partial charge in [-0.05, 0) is 24.3 Å². The van der Waals surface area contributed by atoms with Gasteiger partial charge >= 0.3 is 5.76 Å². The number of anilines is 1. The van der Waals surface area contributed by atoms with E-state index in [1.807, 2.05) is 0 Å². The molecular weight excluding hydrogens is 244 g/mol. The SMILES string of the molecule is Nc1ccc2c(=O)n(-c3ccccc3)c(=O)oc2c1. The van der Waals surface area contributed by atoms with E-state index in [1.54, 1.807) is 42.5 Å². The second kappa shape index (κ2) is 4.13. The summed E-state index contributed by atoms with van der Waals surface area (Å²) < 4.78 is 6.13. The molecule has 0 aliphatic carbocycles. The Morgan fingerprint density at radius 2 is 1.74 bits per heavy atom. The highest BCUT2D eigenvalue weighted by Gasteiger charge is 2.11. The fourth-order valence-electron chi connectivity index (χ4n) is 1.94. The first-order valence-corrected chi connectivity index (χ1v) is 5.67. The van der Waals surface area contributed by atoms with Gasteiger partial charge < -0.3 is 10.2 Å². The highest BCUT2D eigenvalue weighted by Crippen LogP contribution is 2.13. The van der Waals surface area contributed by atoms with Gasteiger partial charge in [0.1, 0.15) is 5.58 Å². The number of fused-ring (bicyclic) bond motifs is 1. The minimum Gasteiger partial charge on any atom is -0.409 e. The minimum absolute atomic E-state index is 0.196. The molecule has 1 heterocycles. The molecule has 0 saturated heterocycles. The van der Waals surface area contributed by atoms with Gasteiger partial charge in [-0.2, -0.15) is 0 Å². The van der Waals surface area contributed by atoms with Gasteiger partial charge in [0, 0.05) is 11.8 Å². The third-order valence-electron chi connectivity index (χ3n) is 2.83. The van der Waals surface area contributed by atoms with E-state index < -0.39 is 11.3 Å². The maximum absolute atomic E-state index is 12.3. The van der Waals surface area contributed by atoms with Crippen LogP contribution < -0.4 is 17.0 Å². The zero-order valence-electron chi connectivity index (χ0n) is 9.87. The topological polar surface area (TPSA) is 78.2 Å². The molecule has 0 amide bonds. The van der Waals surface area contributed by atoms with Crippen molar-refractivity contribution in [3.05, 3.63) is 69.4 Å². The van der Waals surface area contributed by atoms with Crippen molar-refractivity contribution >= 4 is 16.7 Å². The maximum Gasteiger partial charge on any atom is 0.426 e. The van der Waals surface area contributed by atoms with Crippen molar-refractivity contribution in [2.24, 2.45) is 0 Å². The van der Waals surface area contributed by atoms with Crippen molar-refractivity contribution in [2.45, 2.75) is 0 Å². The molecule has 0 fully saturated rings. The monoisotopic (exact) mass is 254 g/mol. The van der Waals surface area contributed by atoms with Crippen LogP contribution in [0.4, 0.5) is 5.69 Å². The summed E-state index contributed by atoms with van der Waals surface area (Å²) in [5.41, 5.74) is 6.29. The van der Waals surface area contributed by atoms with E-state index in [2.05, 4.69) is 0 Å². The first-order valence-electron chi connectivity index (χ1n) is 5.67. The van der Waals surface area contributed by atoms with E-state index in [0.29, 0.717) is 16.8 Å². The number of hydrogen-bond donors (Lipinski definition) is 1. The summed E-state index contributed by atoms with van der Waals surface area (Å²) in [5.74, 6) is -0.728. The number of rotatable bonds is 1. The standard InChI is InChI=1S/C14H10N2O3/c15-9-6-7-11-12(8-9)19-14(18)16(13(11)17)10-4-2-1-3-5-10/h1-8H,15H2. The summed E-state index contributed by atoms with van der Waals surface area (Å²) in [6.45, 7) is 0. The van der Waals surface area contributed by atoms with Crippen LogP contribution in [0.3, 0.4) is 0 Å². The van der Waals surface area contributed by atoms with Gasteiger partial charge in [0.25, 0.3) is 5.56 Å². The molecule has 3 rings (SSSR count). The van der Waals surface area contributed by atoms with E-state index in [1.165, 1.54) is 6.07 Å². The predicted octanol–water partition coefficient (Wildman–Crippen LogP) is 1.53. The third-order valence-corrected chi connectivity index (χ3v) is 2.83. The van der Waals surface area contributed by atoms with Crippen molar-refractivity contribution in [1.29, 1.82) is 0 Å². The molecule has 0 spiro atoms. The summed E-state index contributed by atoms with van der Waals surface area (Å²) in [7, 11) is 0. The van der Waals surface area contributed by atoms with Crippen molar-refractivity contribution in [3.8, 4) is 5.69 Å². The highest BCUT2D eigenvalue weighted by molar-refractivity contribution is 5.79. The van der Waals surface area contributed by atoms with Crippen LogP contribution in [0, 0.1) is 0 Å². The lowest BCUT2D eigenvalue weighted by molar-refractivity contribution is 0.504. The molecule has 0 aliphatic rings. The molecule has 0 saturated carbocycles. The predicted molar refractivity (Wildman–Crippen MR) is 72.5 cm³/mol. The molecule has 0 bridgehead atoms. The fourth-order valence-corrected chi connectivity index (χ4v) is 1.94. The lowest BCUT2D eigenvalue weighted by Crippen LogP contribution is -2.30. The van der Waals surface area contributed by atoms with Gasteiger partial charge in [-0.1, -0.05) is 18.2 Å². The Labute approximate surface area is 107 Å². The molecule has 0 atom stereocenters. The summed E-state index contributed by atoms with van der Waals surface area (Å²) in [6, 6.07) is 13.2. The van der Waals surface area contributed by atoms with Crippen molar-refractivity contribution in [2.75, 3.05) is 5.73 Å². The lowest BCUT2D eigenvalue weighted by Gasteiger charge is -2.05. The molecule has 94 valence electrons. The normalized spacial score (nSPS) is 10.7. The average molecular weight is 254 g/mol. The molecule has 0 radical (unpaired) electrons. The van der Waals surface area contributed by atoms with Crippen LogP contribution in [0.25, 0.3) is 16.7 Å². The first kappa shape index (κ1) is 11.3. The number of nitrogen functional groups attached to an aromatic ring is 1.